The Labute approximate surface area is 263 Å². The molecule has 0 saturated carbocycles. The quantitative estimate of drug-likeness (QED) is 0.0971. The molecule has 1 heterocycles. The first kappa shape index (κ1) is 35.5. The zero-order chi connectivity index (χ0) is 33.8. The molecule has 16 heteroatoms. The maximum absolute atomic E-state index is 12.7. The second-order valence-electron chi connectivity index (χ2n) is 10.0. The van der Waals surface area contributed by atoms with Crippen LogP contribution in [-0.2, 0) is 49.5 Å². The first-order valence-corrected chi connectivity index (χ1v) is 14.1. The second-order valence-corrected chi connectivity index (χ2v) is 10.0. The fourth-order valence-corrected chi connectivity index (χ4v) is 4.45. The molecular weight excluding hydrogens is 615 g/mol. The summed E-state index contributed by atoms with van der Waals surface area (Å²) in [7, 11) is 0. The lowest BCUT2D eigenvalue weighted by molar-refractivity contribution is -0.384. The van der Waals surface area contributed by atoms with Crippen LogP contribution in [0.3, 0.4) is 0 Å². The number of esters is 4. The molecule has 15 nitrogen and oxygen atoms in total. The van der Waals surface area contributed by atoms with Gasteiger partial charge in [-0.2, -0.15) is 0 Å². The minimum Gasteiger partial charge on any atom is -0.489 e. The van der Waals surface area contributed by atoms with Crippen molar-refractivity contribution < 1.29 is 61.6 Å². The lowest BCUT2D eigenvalue weighted by Gasteiger charge is -2.44. The summed E-state index contributed by atoms with van der Waals surface area (Å²) in [5.41, 5.74) is 0.875. The van der Waals surface area contributed by atoms with E-state index in [1.54, 1.807) is 18.2 Å². The predicted molar refractivity (Wildman–Crippen MR) is 156 cm³/mol. The van der Waals surface area contributed by atoms with E-state index in [0.29, 0.717) is 23.5 Å². The minimum atomic E-state index is -1.50. The van der Waals surface area contributed by atoms with Crippen LogP contribution in [0.15, 0.2) is 42.5 Å². The summed E-state index contributed by atoms with van der Waals surface area (Å²) in [6, 6.07) is 10.2. The summed E-state index contributed by atoms with van der Waals surface area (Å²) < 4.78 is 52.2. The largest absolute Gasteiger partial charge is 0.489 e. The van der Waals surface area contributed by atoms with Crippen LogP contribution in [0.2, 0.25) is 0 Å². The topological polar surface area (TPSA) is 188 Å². The van der Waals surface area contributed by atoms with Crippen molar-refractivity contribution in [1.82, 2.24) is 0 Å². The Balaban J connectivity index is 2.00. The van der Waals surface area contributed by atoms with Crippen LogP contribution in [0.1, 0.15) is 39.7 Å². The molecule has 0 unspecified atom stereocenters. The first-order chi connectivity index (χ1) is 21.9. The maximum atomic E-state index is 12.7. The number of nitrogens with one attached hydrogen (secondary N) is 1. The van der Waals surface area contributed by atoms with Gasteiger partial charge in [0.25, 0.3) is 5.69 Å². The van der Waals surface area contributed by atoms with E-state index in [-0.39, 0.29) is 24.5 Å². The molecule has 0 spiro atoms. The molecule has 2 aromatic carbocycles. The molecular formula is C30H35FN2O13. The molecule has 46 heavy (non-hydrogen) atoms. The highest BCUT2D eigenvalue weighted by Crippen LogP contribution is 2.33. The number of nitrogens with zero attached hydrogens (tertiary/aromatic N) is 1. The van der Waals surface area contributed by atoms with Gasteiger partial charge in [0.2, 0.25) is 12.4 Å². The maximum Gasteiger partial charge on any atom is 0.303 e. The number of nitro benzene ring substituents is 1. The van der Waals surface area contributed by atoms with Crippen LogP contribution in [-0.4, -0.2) is 79.3 Å². The zero-order valence-corrected chi connectivity index (χ0v) is 25.6. The van der Waals surface area contributed by atoms with E-state index < -0.39 is 72.8 Å². The number of alkyl halides is 1. The highest BCUT2D eigenvalue weighted by molar-refractivity contribution is 5.68. The van der Waals surface area contributed by atoms with E-state index in [2.05, 4.69) is 5.32 Å². The van der Waals surface area contributed by atoms with Crippen LogP contribution in [0.5, 0.6) is 11.5 Å². The van der Waals surface area contributed by atoms with E-state index in [9.17, 15) is 33.7 Å². The molecule has 2 aromatic rings. The van der Waals surface area contributed by atoms with Gasteiger partial charge in [0.05, 0.1) is 11.6 Å². The van der Waals surface area contributed by atoms with Gasteiger partial charge < -0.3 is 38.5 Å². The molecule has 3 rings (SSSR count). The van der Waals surface area contributed by atoms with Crippen molar-refractivity contribution in [1.29, 1.82) is 0 Å². The number of carbonyl (C=O) groups excluding carboxylic acids is 4. The molecule has 0 bridgehead atoms. The Morgan fingerprint density at radius 1 is 0.891 bits per heavy atom. The second kappa shape index (κ2) is 16.9. The Bertz CT molecular complexity index is 1390. The van der Waals surface area contributed by atoms with Gasteiger partial charge in [0, 0.05) is 57.6 Å². The van der Waals surface area contributed by atoms with Crippen molar-refractivity contribution in [3.8, 4) is 11.5 Å². The zero-order valence-electron chi connectivity index (χ0n) is 25.6. The van der Waals surface area contributed by atoms with Crippen molar-refractivity contribution in [3.05, 3.63) is 58.1 Å². The number of ether oxygens (including phenoxy) is 7. The minimum absolute atomic E-state index is 0.126. The van der Waals surface area contributed by atoms with E-state index >= 15 is 0 Å². The summed E-state index contributed by atoms with van der Waals surface area (Å²) in [5.74, 6) is -2.59. The van der Waals surface area contributed by atoms with Gasteiger partial charge in [-0.3, -0.25) is 33.7 Å². The molecule has 0 aromatic heterocycles. The third-order valence-corrected chi connectivity index (χ3v) is 6.33. The van der Waals surface area contributed by atoms with Gasteiger partial charge in [0.15, 0.2) is 12.2 Å². The molecule has 250 valence electrons. The lowest BCUT2D eigenvalue weighted by atomic mass is 9.98. The fourth-order valence-electron chi connectivity index (χ4n) is 4.45. The number of carbonyl (C=O) groups is 4. The monoisotopic (exact) mass is 650 g/mol. The smallest absolute Gasteiger partial charge is 0.303 e. The predicted octanol–water partition coefficient (Wildman–Crippen LogP) is 3.41. The van der Waals surface area contributed by atoms with Gasteiger partial charge in [0.1, 0.15) is 30.8 Å². The highest BCUT2D eigenvalue weighted by atomic mass is 19.1. The molecule has 1 aliphatic heterocycles. The van der Waals surface area contributed by atoms with Crippen molar-refractivity contribution in [2.45, 2.75) is 71.4 Å². The van der Waals surface area contributed by atoms with Crippen molar-refractivity contribution in [3.63, 3.8) is 0 Å². The van der Waals surface area contributed by atoms with Gasteiger partial charge >= 0.3 is 23.9 Å². The Morgan fingerprint density at radius 3 is 2.11 bits per heavy atom. The highest BCUT2D eigenvalue weighted by Gasteiger charge is 2.53. The number of non-ortho nitro benzene ring substituents is 1. The van der Waals surface area contributed by atoms with Gasteiger partial charge in [-0.15, -0.1) is 0 Å². The summed E-state index contributed by atoms with van der Waals surface area (Å²) in [6.45, 7) is 3.72. The Hall–Kier alpha value is -4.99. The van der Waals surface area contributed by atoms with Crippen molar-refractivity contribution >= 4 is 35.3 Å². The number of hydrogen-bond acceptors (Lipinski definition) is 14. The molecule has 5 atom stereocenters. The molecule has 1 fully saturated rings. The number of nitro groups is 1. The standard InChI is InChI=1S/C30H35FN2O13/c1-17(34)40-16-26-27(42-18(2)35)28(43-19(3)36)29(44-20(4)37)30(46-26)45-25-11-6-22(32-13-5-12-31)14-21(25)15-41-24-9-7-23(8-10-24)33(38)39/h6-11,14,26-30,32H,5,12-13,15-16H2,1-4H3/t26-,27+,28+,29-,30-/m1/s1. The van der Waals surface area contributed by atoms with E-state index in [0.717, 1.165) is 27.7 Å². The molecule has 1 aliphatic rings. The van der Waals surface area contributed by atoms with E-state index in [1.165, 1.54) is 24.3 Å². The van der Waals surface area contributed by atoms with Crippen LogP contribution < -0.4 is 14.8 Å². The van der Waals surface area contributed by atoms with Crippen LogP contribution in [0, 0.1) is 10.1 Å². The van der Waals surface area contributed by atoms with Crippen molar-refractivity contribution in [2.75, 3.05) is 25.1 Å². The summed E-state index contributed by atoms with van der Waals surface area (Å²) in [5, 5.41) is 14.1. The number of rotatable bonds is 15. The lowest BCUT2D eigenvalue weighted by Crippen LogP contribution is -2.63. The summed E-state index contributed by atoms with van der Waals surface area (Å²) in [4.78, 5) is 58.4. The third-order valence-electron chi connectivity index (χ3n) is 6.33. The van der Waals surface area contributed by atoms with Gasteiger partial charge in [-0.05, 0) is 36.8 Å². The molecule has 0 amide bonds. The molecule has 1 saturated heterocycles. The molecule has 1 N–H and O–H groups in total. The normalized spacial score (nSPS) is 20.5. The van der Waals surface area contributed by atoms with Gasteiger partial charge in [-0.25, -0.2) is 0 Å². The van der Waals surface area contributed by atoms with E-state index in [1.807, 2.05) is 0 Å². The average Bonchev–Trinajstić information content (AvgIpc) is 2.98. The number of benzene rings is 2. The SMILES string of the molecule is CC(=O)OC[C@H]1O[C@@H](Oc2ccc(NCCCF)cc2COc2ccc([N+](=O)[O-])cc2)[C@H](OC(C)=O)[C@@H](OC(C)=O)[C@H]1OC(C)=O. The van der Waals surface area contributed by atoms with Crippen LogP contribution in [0.4, 0.5) is 15.8 Å². The number of halogens is 1. The van der Waals surface area contributed by atoms with Crippen molar-refractivity contribution in [2.24, 2.45) is 0 Å². The summed E-state index contributed by atoms with van der Waals surface area (Å²) in [6.07, 6.45) is -6.73. The number of anilines is 1. The Morgan fingerprint density at radius 2 is 1.52 bits per heavy atom. The third kappa shape index (κ3) is 10.6. The van der Waals surface area contributed by atoms with E-state index in [4.69, 9.17) is 33.2 Å². The molecule has 0 aliphatic carbocycles. The van der Waals surface area contributed by atoms with Gasteiger partial charge in [-0.1, -0.05) is 0 Å². The summed E-state index contributed by atoms with van der Waals surface area (Å²) >= 11 is 0. The Kier molecular flexibility index (Phi) is 13.0. The van der Waals surface area contributed by atoms with Crippen LogP contribution >= 0.6 is 0 Å². The molecule has 0 radical (unpaired) electrons. The fraction of sp³-hybridized carbons (Fsp3) is 0.467. The first-order valence-electron chi connectivity index (χ1n) is 14.1. The van der Waals surface area contributed by atoms with Crippen LogP contribution in [0.25, 0.3) is 0 Å². The average molecular weight is 651 g/mol. The number of hydrogen-bond donors (Lipinski definition) is 1.